The smallest absolute Gasteiger partial charge is 0.258 e. The molecule has 144 valence electrons. The van der Waals surface area contributed by atoms with Gasteiger partial charge in [-0.05, 0) is 47.6 Å². The summed E-state index contributed by atoms with van der Waals surface area (Å²) in [6.07, 6.45) is 2.48. The van der Waals surface area contributed by atoms with Crippen LogP contribution >= 0.6 is 0 Å². The van der Waals surface area contributed by atoms with Gasteiger partial charge in [0.05, 0.1) is 0 Å². The van der Waals surface area contributed by atoms with Crippen LogP contribution < -0.4 is 15.0 Å². The predicted molar refractivity (Wildman–Crippen MR) is 110 cm³/mol. The quantitative estimate of drug-likeness (QED) is 0.830. The number of nitrogens with one attached hydrogen (secondary N) is 1. The molecule has 3 rings (SSSR count). The van der Waals surface area contributed by atoms with E-state index < -0.39 is 0 Å². The van der Waals surface area contributed by atoms with E-state index in [1.54, 1.807) is 0 Å². The SMILES string of the molecule is CC(C)(C)c1ccc(OCC(=O)NCc2ccccc2N2CCCC2)cc1. The summed E-state index contributed by atoms with van der Waals surface area (Å²) in [6.45, 7) is 9.28. The molecule has 0 unspecified atom stereocenters. The van der Waals surface area contributed by atoms with Gasteiger partial charge in [-0.15, -0.1) is 0 Å². The van der Waals surface area contributed by atoms with E-state index in [4.69, 9.17) is 4.74 Å². The van der Waals surface area contributed by atoms with Crippen LogP contribution in [0, 0.1) is 0 Å². The predicted octanol–water partition coefficient (Wildman–Crippen LogP) is 4.28. The Balaban J connectivity index is 1.50. The Bertz CT molecular complexity index is 757. The van der Waals surface area contributed by atoms with Crippen LogP contribution in [0.5, 0.6) is 5.75 Å². The van der Waals surface area contributed by atoms with E-state index in [2.05, 4.69) is 61.3 Å². The average Bonchev–Trinajstić information content (AvgIpc) is 3.19. The molecule has 0 spiro atoms. The minimum absolute atomic E-state index is 0.0285. The summed E-state index contributed by atoms with van der Waals surface area (Å²) in [6, 6.07) is 16.3. The fraction of sp³-hybridized carbons (Fsp3) is 0.435. The second kappa shape index (κ2) is 8.47. The Morgan fingerprint density at radius 1 is 1.04 bits per heavy atom. The number of benzene rings is 2. The van der Waals surface area contributed by atoms with Crippen molar-refractivity contribution in [3.8, 4) is 5.75 Å². The molecule has 27 heavy (non-hydrogen) atoms. The van der Waals surface area contributed by atoms with E-state index in [0.29, 0.717) is 6.54 Å². The zero-order valence-corrected chi connectivity index (χ0v) is 16.6. The van der Waals surface area contributed by atoms with Crippen molar-refractivity contribution >= 4 is 11.6 Å². The van der Waals surface area contributed by atoms with E-state index in [0.717, 1.165) is 24.4 Å². The maximum absolute atomic E-state index is 12.2. The molecule has 1 fully saturated rings. The number of amides is 1. The van der Waals surface area contributed by atoms with Crippen LogP contribution in [0.4, 0.5) is 5.69 Å². The van der Waals surface area contributed by atoms with Crippen molar-refractivity contribution in [1.82, 2.24) is 5.32 Å². The minimum Gasteiger partial charge on any atom is -0.484 e. The standard InChI is InChI=1S/C23H30N2O2/c1-23(2,3)19-10-12-20(13-11-19)27-17-22(26)24-16-18-8-4-5-9-21(18)25-14-6-7-15-25/h4-5,8-13H,6-7,14-17H2,1-3H3,(H,24,26). The molecule has 1 aliphatic heterocycles. The maximum Gasteiger partial charge on any atom is 0.258 e. The molecule has 1 saturated heterocycles. The number of hydrogen-bond acceptors (Lipinski definition) is 3. The summed E-state index contributed by atoms with van der Waals surface area (Å²) < 4.78 is 5.63. The summed E-state index contributed by atoms with van der Waals surface area (Å²) in [5.74, 6) is 0.613. The summed E-state index contributed by atoms with van der Waals surface area (Å²) in [5.41, 5.74) is 3.74. The number of nitrogens with zero attached hydrogens (tertiary/aromatic N) is 1. The normalized spacial score (nSPS) is 14.3. The van der Waals surface area contributed by atoms with Crippen LogP contribution in [0.15, 0.2) is 48.5 Å². The van der Waals surface area contributed by atoms with Crippen LogP contribution in [0.1, 0.15) is 44.7 Å². The number of ether oxygens (including phenoxy) is 1. The maximum atomic E-state index is 12.2. The molecule has 0 aromatic heterocycles. The highest BCUT2D eigenvalue weighted by atomic mass is 16.5. The first-order chi connectivity index (χ1) is 12.9. The van der Waals surface area contributed by atoms with Gasteiger partial charge in [0.15, 0.2) is 6.61 Å². The molecule has 4 heteroatoms. The van der Waals surface area contributed by atoms with Gasteiger partial charge in [0.1, 0.15) is 5.75 Å². The third kappa shape index (κ3) is 5.25. The van der Waals surface area contributed by atoms with Crippen LogP contribution in [-0.4, -0.2) is 25.6 Å². The van der Waals surface area contributed by atoms with Gasteiger partial charge in [0.2, 0.25) is 0 Å². The molecular weight excluding hydrogens is 336 g/mol. The highest BCUT2D eigenvalue weighted by molar-refractivity contribution is 5.77. The lowest BCUT2D eigenvalue weighted by Crippen LogP contribution is -2.29. The Labute approximate surface area is 162 Å². The highest BCUT2D eigenvalue weighted by Gasteiger charge is 2.16. The topological polar surface area (TPSA) is 41.6 Å². The zero-order chi connectivity index (χ0) is 19.3. The fourth-order valence-electron chi connectivity index (χ4n) is 3.37. The van der Waals surface area contributed by atoms with E-state index in [1.165, 1.54) is 24.1 Å². The van der Waals surface area contributed by atoms with Gasteiger partial charge in [-0.2, -0.15) is 0 Å². The van der Waals surface area contributed by atoms with Gasteiger partial charge < -0.3 is 15.0 Å². The van der Waals surface area contributed by atoms with Gasteiger partial charge in [0.25, 0.3) is 5.91 Å². The van der Waals surface area contributed by atoms with Gasteiger partial charge in [-0.25, -0.2) is 0 Å². The molecule has 1 aliphatic rings. The lowest BCUT2D eigenvalue weighted by Gasteiger charge is -2.21. The van der Waals surface area contributed by atoms with Gasteiger partial charge in [0, 0.05) is 25.3 Å². The lowest BCUT2D eigenvalue weighted by atomic mass is 9.87. The molecule has 1 amide bonds. The Kier molecular flexibility index (Phi) is 6.04. The lowest BCUT2D eigenvalue weighted by molar-refractivity contribution is -0.123. The number of para-hydroxylation sites is 1. The molecule has 4 nitrogen and oxygen atoms in total. The number of rotatable bonds is 6. The van der Waals surface area contributed by atoms with Crippen LogP contribution in [0.25, 0.3) is 0 Å². The average molecular weight is 367 g/mol. The molecule has 2 aromatic rings. The largest absolute Gasteiger partial charge is 0.484 e. The number of carbonyl (C=O) groups is 1. The number of anilines is 1. The van der Waals surface area contributed by atoms with Gasteiger partial charge >= 0.3 is 0 Å². The first-order valence-electron chi connectivity index (χ1n) is 9.76. The molecule has 1 N–H and O–H groups in total. The number of carbonyl (C=O) groups excluding carboxylic acids is 1. The van der Waals surface area contributed by atoms with Crippen molar-refractivity contribution in [2.24, 2.45) is 0 Å². The second-order valence-electron chi connectivity index (χ2n) is 8.16. The van der Waals surface area contributed by atoms with Gasteiger partial charge in [-0.1, -0.05) is 51.1 Å². The molecular formula is C23H30N2O2. The molecule has 0 saturated carbocycles. The molecule has 0 atom stereocenters. The molecule has 0 bridgehead atoms. The zero-order valence-electron chi connectivity index (χ0n) is 16.6. The van der Waals surface area contributed by atoms with Crippen molar-refractivity contribution < 1.29 is 9.53 Å². The summed E-state index contributed by atoms with van der Waals surface area (Å²) >= 11 is 0. The van der Waals surface area contributed by atoms with E-state index in [9.17, 15) is 4.79 Å². The molecule has 0 radical (unpaired) electrons. The molecule has 0 aliphatic carbocycles. The first-order valence-corrected chi connectivity index (χ1v) is 9.76. The first kappa shape index (κ1) is 19.3. The minimum atomic E-state index is -0.105. The second-order valence-corrected chi connectivity index (χ2v) is 8.16. The van der Waals surface area contributed by atoms with Crippen LogP contribution in [0.2, 0.25) is 0 Å². The third-order valence-corrected chi connectivity index (χ3v) is 5.00. The Morgan fingerprint density at radius 2 is 1.70 bits per heavy atom. The Morgan fingerprint density at radius 3 is 2.37 bits per heavy atom. The van der Waals surface area contributed by atoms with E-state index >= 15 is 0 Å². The fourth-order valence-corrected chi connectivity index (χ4v) is 3.37. The van der Waals surface area contributed by atoms with Crippen LogP contribution in [-0.2, 0) is 16.8 Å². The monoisotopic (exact) mass is 366 g/mol. The highest BCUT2D eigenvalue weighted by Crippen LogP contribution is 2.25. The number of hydrogen-bond donors (Lipinski definition) is 1. The van der Waals surface area contributed by atoms with Crippen molar-refractivity contribution in [1.29, 1.82) is 0 Å². The van der Waals surface area contributed by atoms with Crippen molar-refractivity contribution in [2.45, 2.75) is 45.6 Å². The van der Waals surface area contributed by atoms with Crippen LogP contribution in [0.3, 0.4) is 0 Å². The Hall–Kier alpha value is -2.49. The summed E-state index contributed by atoms with van der Waals surface area (Å²) in [4.78, 5) is 14.6. The summed E-state index contributed by atoms with van der Waals surface area (Å²) in [5, 5.41) is 2.98. The van der Waals surface area contributed by atoms with Crippen molar-refractivity contribution in [3.63, 3.8) is 0 Å². The van der Waals surface area contributed by atoms with Crippen molar-refractivity contribution in [3.05, 3.63) is 59.7 Å². The third-order valence-electron chi connectivity index (χ3n) is 5.00. The molecule has 1 heterocycles. The van der Waals surface area contributed by atoms with E-state index in [1.807, 2.05) is 18.2 Å². The molecule has 2 aromatic carbocycles. The van der Waals surface area contributed by atoms with Gasteiger partial charge in [-0.3, -0.25) is 4.79 Å². The van der Waals surface area contributed by atoms with E-state index in [-0.39, 0.29) is 17.9 Å². The summed E-state index contributed by atoms with van der Waals surface area (Å²) in [7, 11) is 0. The van der Waals surface area contributed by atoms with Crippen molar-refractivity contribution in [2.75, 3.05) is 24.6 Å².